The highest BCUT2D eigenvalue weighted by atomic mass is 32.3. The van der Waals surface area contributed by atoms with E-state index >= 15 is 0 Å². The number of carbonyl (C=O) groups excluding carboxylic acids is 2. The molecule has 1 aliphatic heterocycles. The Labute approximate surface area is 200 Å². The second-order valence-electron chi connectivity index (χ2n) is 7.86. The molecule has 3 N–H and O–H groups in total. The van der Waals surface area contributed by atoms with E-state index in [9.17, 15) is 21.9 Å². The molecular weight excluding hydrogens is 469 g/mol. The van der Waals surface area contributed by atoms with Gasteiger partial charge in [0, 0.05) is 34.4 Å². The van der Waals surface area contributed by atoms with Crippen molar-refractivity contribution in [3.63, 3.8) is 0 Å². The van der Waals surface area contributed by atoms with Crippen molar-refractivity contribution in [1.29, 1.82) is 0 Å². The SMILES string of the molecule is O=C1Nc2cccc(-c3cccc(NC(=O)c4ccc(S(=O)(=O)F)cc4)c3)c2/C1=C/c1ccc[nH]1. The lowest BCUT2D eigenvalue weighted by Crippen LogP contribution is -2.12. The molecule has 9 heteroatoms. The number of fused-ring (bicyclic) bond motifs is 1. The molecule has 35 heavy (non-hydrogen) atoms. The van der Waals surface area contributed by atoms with E-state index in [0.717, 1.165) is 34.5 Å². The molecule has 0 aliphatic carbocycles. The summed E-state index contributed by atoms with van der Waals surface area (Å²) < 4.78 is 35.1. The van der Waals surface area contributed by atoms with Crippen LogP contribution < -0.4 is 10.6 Å². The first-order valence-corrected chi connectivity index (χ1v) is 11.9. The monoisotopic (exact) mass is 487 g/mol. The molecule has 4 aromatic rings. The molecule has 0 fully saturated rings. The second kappa shape index (κ2) is 8.69. The number of carbonyl (C=O) groups is 2. The van der Waals surface area contributed by atoms with E-state index in [-0.39, 0.29) is 11.5 Å². The maximum Gasteiger partial charge on any atom is 0.332 e. The van der Waals surface area contributed by atoms with E-state index in [1.54, 1.807) is 30.5 Å². The Balaban J connectivity index is 1.46. The Hall–Kier alpha value is -4.50. The number of halogens is 1. The highest BCUT2D eigenvalue weighted by Crippen LogP contribution is 2.40. The number of rotatable bonds is 5. The molecule has 0 bridgehead atoms. The van der Waals surface area contributed by atoms with Crippen LogP contribution in [-0.2, 0) is 15.0 Å². The number of hydrogen-bond donors (Lipinski definition) is 3. The summed E-state index contributed by atoms with van der Waals surface area (Å²) in [5, 5.41) is 5.66. The molecule has 0 saturated heterocycles. The zero-order valence-electron chi connectivity index (χ0n) is 18.1. The van der Waals surface area contributed by atoms with Gasteiger partial charge in [-0.15, -0.1) is 3.89 Å². The molecule has 7 nitrogen and oxygen atoms in total. The lowest BCUT2D eigenvalue weighted by molar-refractivity contribution is -0.110. The summed E-state index contributed by atoms with van der Waals surface area (Å²) in [6.45, 7) is 0. The lowest BCUT2D eigenvalue weighted by atomic mass is 9.94. The molecule has 174 valence electrons. The van der Waals surface area contributed by atoms with Gasteiger partial charge in [0.25, 0.3) is 11.8 Å². The van der Waals surface area contributed by atoms with Gasteiger partial charge in [0.1, 0.15) is 0 Å². The summed E-state index contributed by atoms with van der Waals surface area (Å²) in [6.07, 6.45) is 3.57. The zero-order chi connectivity index (χ0) is 24.6. The van der Waals surface area contributed by atoms with Crippen molar-refractivity contribution in [2.45, 2.75) is 4.90 Å². The van der Waals surface area contributed by atoms with Crippen LogP contribution in [0.15, 0.2) is 90.0 Å². The molecule has 2 amide bonds. The third-order valence-electron chi connectivity index (χ3n) is 5.58. The smallest absolute Gasteiger partial charge is 0.332 e. The number of hydrogen-bond acceptors (Lipinski definition) is 4. The normalized spacial score (nSPS) is 14.0. The van der Waals surface area contributed by atoms with Crippen LogP contribution in [0.25, 0.3) is 22.8 Å². The summed E-state index contributed by atoms with van der Waals surface area (Å²) in [6, 6.07) is 21.0. The van der Waals surface area contributed by atoms with Gasteiger partial charge in [0.15, 0.2) is 0 Å². The van der Waals surface area contributed by atoms with Gasteiger partial charge in [-0.25, -0.2) is 0 Å². The van der Waals surface area contributed by atoms with Crippen molar-refractivity contribution in [1.82, 2.24) is 4.98 Å². The predicted molar refractivity (Wildman–Crippen MR) is 132 cm³/mol. The van der Waals surface area contributed by atoms with E-state index in [2.05, 4.69) is 15.6 Å². The molecule has 0 radical (unpaired) electrons. The number of amides is 2. The van der Waals surface area contributed by atoms with Crippen LogP contribution in [0.4, 0.5) is 15.3 Å². The van der Waals surface area contributed by atoms with E-state index in [1.165, 1.54) is 12.1 Å². The van der Waals surface area contributed by atoms with Crippen LogP contribution in [0.3, 0.4) is 0 Å². The van der Waals surface area contributed by atoms with Crippen LogP contribution in [0.5, 0.6) is 0 Å². The third-order valence-corrected chi connectivity index (χ3v) is 6.41. The van der Waals surface area contributed by atoms with E-state index in [0.29, 0.717) is 16.9 Å². The topological polar surface area (TPSA) is 108 Å². The van der Waals surface area contributed by atoms with Crippen LogP contribution in [-0.4, -0.2) is 25.2 Å². The minimum Gasteiger partial charge on any atom is -0.362 e. The number of aromatic amines is 1. The van der Waals surface area contributed by atoms with Crippen LogP contribution in [0.2, 0.25) is 0 Å². The molecule has 0 saturated carbocycles. The fraction of sp³-hybridized carbons (Fsp3) is 0. The van der Waals surface area contributed by atoms with Crippen LogP contribution >= 0.6 is 0 Å². The number of nitrogens with one attached hydrogen (secondary N) is 3. The van der Waals surface area contributed by atoms with Gasteiger partial charge in [-0.3, -0.25) is 9.59 Å². The highest BCUT2D eigenvalue weighted by molar-refractivity contribution is 7.86. The molecule has 0 spiro atoms. The van der Waals surface area contributed by atoms with E-state index in [1.807, 2.05) is 36.4 Å². The first-order chi connectivity index (χ1) is 16.8. The number of benzene rings is 3. The average molecular weight is 488 g/mol. The van der Waals surface area contributed by atoms with Crippen molar-refractivity contribution in [3.8, 4) is 11.1 Å². The summed E-state index contributed by atoms with van der Waals surface area (Å²) in [4.78, 5) is 27.9. The summed E-state index contributed by atoms with van der Waals surface area (Å²) >= 11 is 0. The first kappa shape index (κ1) is 22.3. The van der Waals surface area contributed by atoms with Crippen molar-refractivity contribution in [3.05, 3.63) is 102 Å². The van der Waals surface area contributed by atoms with Crippen molar-refractivity contribution in [2.24, 2.45) is 0 Å². The Morgan fingerprint density at radius 3 is 2.43 bits per heavy atom. The lowest BCUT2D eigenvalue weighted by Gasteiger charge is -2.11. The molecule has 2 heterocycles. The summed E-state index contributed by atoms with van der Waals surface area (Å²) in [5.74, 6) is -0.683. The Kier molecular flexibility index (Phi) is 5.54. The Morgan fingerprint density at radius 2 is 1.71 bits per heavy atom. The largest absolute Gasteiger partial charge is 0.362 e. The minimum absolute atomic E-state index is 0.175. The van der Waals surface area contributed by atoms with Gasteiger partial charge in [-0.2, -0.15) is 8.42 Å². The minimum atomic E-state index is -4.84. The van der Waals surface area contributed by atoms with Crippen molar-refractivity contribution in [2.75, 3.05) is 10.6 Å². The molecule has 0 atom stereocenters. The van der Waals surface area contributed by atoms with Gasteiger partial charge in [0.2, 0.25) is 0 Å². The Bertz CT molecular complexity index is 1590. The fourth-order valence-corrected chi connectivity index (χ4v) is 4.42. The summed E-state index contributed by atoms with van der Waals surface area (Å²) in [7, 11) is -4.84. The van der Waals surface area contributed by atoms with Crippen molar-refractivity contribution >= 4 is 45.1 Å². The third kappa shape index (κ3) is 4.49. The van der Waals surface area contributed by atoms with E-state index < -0.39 is 21.0 Å². The average Bonchev–Trinajstić information content (AvgIpc) is 3.46. The number of anilines is 2. The zero-order valence-corrected chi connectivity index (χ0v) is 18.9. The first-order valence-electron chi connectivity index (χ1n) is 10.6. The fourth-order valence-electron chi connectivity index (χ4n) is 3.95. The molecule has 1 aliphatic rings. The Morgan fingerprint density at radius 1 is 0.943 bits per heavy atom. The number of aromatic nitrogens is 1. The summed E-state index contributed by atoms with van der Waals surface area (Å²) in [5.41, 5.74) is 5.05. The molecule has 1 aromatic heterocycles. The van der Waals surface area contributed by atoms with Gasteiger partial charge < -0.3 is 15.6 Å². The van der Waals surface area contributed by atoms with Gasteiger partial charge in [0.05, 0.1) is 10.5 Å². The molecular formula is C26H18FN3O4S. The van der Waals surface area contributed by atoms with Gasteiger partial charge in [-0.05, 0) is 71.8 Å². The molecule has 3 aromatic carbocycles. The van der Waals surface area contributed by atoms with Gasteiger partial charge >= 0.3 is 10.2 Å². The van der Waals surface area contributed by atoms with Crippen molar-refractivity contribution < 1.29 is 21.9 Å². The standard InChI is InChI=1S/C26H18FN3O4S/c27-35(33,34)20-11-9-16(10-12-20)25(31)29-19-5-1-4-17(14-19)21-7-2-8-23-24(21)22(26(32)30-23)15-18-6-3-13-28-18/h1-15,28H,(H,29,31)(H,30,32)/b22-15-. The van der Waals surface area contributed by atoms with Crippen LogP contribution in [0.1, 0.15) is 21.6 Å². The number of H-pyrrole nitrogens is 1. The second-order valence-corrected chi connectivity index (χ2v) is 9.21. The maximum absolute atomic E-state index is 13.1. The molecule has 5 rings (SSSR count). The van der Waals surface area contributed by atoms with Crippen LogP contribution in [0, 0.1) is 0 Å². The predicted octanol–water partition coefficient (Wildman–Crippen LogP) is 5.08. The highest BCUT2D eigenvalue weighted by Gasteiger charge is 2.27. The maximum atomic E-state index is 13.1. The van der Waals surface area contributed by atoms with Gasteiger partial charge in [-0.1, -0.05) is 24.3 Å². The quantitative estimate of drug-likeness (QED) is 0.269. The van der Waals surface area contributed by atoms with E-state index in [4.69, 9.17) is 0 Å². The molecule has 0 unspecified atom stereocenters.